The van der Waals surface area contributed by atoms with Crippen molar-refractivity contribution in [2.45, 2.75) is 32.9 Å². The van der Waals surface area contributed by atoms with Gasteiger partial charge in [0, 0.05) is 17.6 Å². The Bertz CT molecular complexity index is 405. The second kappa shape index (κ2) is 8.19. The number of rotatable bonds is 8. The third kappa shape index (κ3) is 6.32. The summed E-state index contributed by atoms with van der Waals surface area (Å²) in [5.74, 6) is -0.114. The second-order valence-electron chi connectivity index (χ2n) is 5.52. The first-order chi connectivity index (χ1) is 9.44. The van der Waals surface area contributed by atoms with Crippen LogP contribution in [0.1, 0.15) is 26.3 Å². The van der Waals surface area contributed by atoms with E-state index in [1.54, 1.807) is 6.07 Å². The van der Waals surface area contributed by atoms with Gasteiger partial charge in [-0.3, -0.25) is 0 Å². The fourth-order valence-corrected chi connectivity index (χ4v) is 1.58. The molecule has 5 heteroatoms. The lowest BCUT2D eigenvalue weighted by atomic mass is 10.1. The first-order valence-corrected chi connectivity index (χ1v) is 6.78. The zero-order valence-corrected chi connectivity index (χ0v) is 12.4. The Balaban J connectivity index is 2.59. The number of ether oxygens (including phenoxy) is 2. The van der Waals surface area contributed by atoms with Crippen LogP contribution in [0.25, 0.3) is 0 Å². The Morgan fingerprint density at radius 3 is 2.60 bits per heavy atom. The molecule has 0 aliphatic heterocycles. The molecule has 0 fully saturated rings. The topological polar surface area (TPSA) is 50.7 Å². The number of aliphatic hydroxyl groups excluding tert-OH is 1. The van der Waals surface area contributed by atoms with Crippen molar-refractivity contribution in [2.75, 3.05) is 26.4 Å². The summed E-state index contributed by atoms with van der Waals surface area (Å²) in [6.07, 6.45) is 0. The number of halogens is 1. The second-order valence-corrected chi connectivity index (χ2v) is 5.52. The zero-order valence-electron chi connectivity index (χ0n) is 12.4. The van der Waals surface area contributed by atoms with E-state index in [1.807, 2.05) is 6.07 Å². The van der Waals surface area contributed by atoms with Gasteiger partial charge >= 0.3 is 0 Å². The molecule has 0 unspecified atom stereocenters. The average Bonchev–Trinajstić information content (AvgIpc) is 2.37. The number of hydrogen-bond donors (Lipinski definition) is 2. The molecule has 1 aromatic rings. The molecule has 0 heterocycles. The Hall–Kier alpha value is -1.17. The largest absolute Gasteiger partial charge is 0.488 e. The maximum atomic E-state index is 13.8. The van der Waals surface area contributed by atoms with Crippen molar-refractivity contribution in [3.05, 3.63) is 29.6 Å². The molecule has 0 aliphatic rings. The maximum Gasteiger partial charge on any atom is 0.165 e. The van der Waals surface area contributed by atoms with Gasteiger partial charge in [0.15, 0.2) is 11.6 Å². The van der Waals surface area contributed by atoms with Crippen LogP contribution < -0.4 is 10.1 Å². The molecule has 4 nitrogen and oxygen atoms in total. The highest BCUT2D eigenvalue weighted by Crippen LogP contribution is 2.23. The van der Waals surface area contributed by atoms with E-state index in [9.17, 15) is 4.39 Å². The Morgan fingerprint density at radius 1 is 1.20 bits per heavy atom. The van der Waals surface area contributed by atoms with Gasteiger partial charge in [0.2, 0.25) is 0 Å². The Labute approximate surface area is 119 Å². The summed E-state index contributed by atoms with van der Waals surface area (Å²) >= 11 is 0. The Morgan fingerprint density at radius 2 is 1.95 bits per heavy atom. The molecule has 0 aromatic heterocycles. The molecule has 114 valence electrons. The molecule has 0 aliphatic carbocycles. The van der Waals surface area contributed by atoms with Crippen molar-refractivity contribution in [1.29, 1.82) is 0 Å². The van der Waals surface area contributed by atoms with Gasteiger partial charge in [0.1, 0.15) is 6.61 Å². The van der Waals surface area contributed by atoms with Crippen LogP contribution in [0, 0.1) is 5.82 Å². The highest BCUT2D eigenvalue weighted by Gasteiger charge is 2.13. The molecule has 1 rings (SSSR count). The number of para-hydroxylation sites is 1. The fraction of sp³-hybridized carbons (Fsp3) is 0.600. The van der Waals surface area contributed by atoms with Gasteiger partial charge in [-0.05, 0) is 26.8 Å². The maximum absolute atomic E-state index is 13.8. The zero-order chi connectivity index (χ0) is 15.0. The van der Waals surface area contributed by atoms with Crippen LogP contribution >= 0.6 is 0 Å². The van der Waals surface area contributed by atoms with Crippen molar-refractivity contribution in [1.82, 2.24) is 5.32 Å². The number of aliphatic hydroxyl groups is 1. The van der Waals surface area contributed by atoms with Gasteiger partial charge in [-0.2, -0.15) is 0 Å². The van der Waals surface area contributed by atoms with Crippen molar-refractivity contribution in [3.63, 3.8) is 0 Å². The summed E-state index contributed by atoms with van der Waals surface area (Å²) < 4.78 is 24.4. The predicted octanol–water partition coefficient (Wildman–Crippen LogP) is 2.10. The first kappa shape index (κ1) is 16.9. The average molecular weight is 285 g/mol. The lowest BCUT2D eigenvalue weighted by Gasteiger charge is -2.21. The van der Waals surface area contributed by atoms with E-state index in [2.05, 4.69) is 26.1 Å². The third-order valence-electron chi connectivity index (χ3n) is 2.57. The smallest absolute Gasteiger partial charge is 0.165 e. The van der Waals surface area contributed by atoms with Crippen molar-refractivity contribution < 1.29 is 19.0 Å². The third-order valence-corrected chi connectivity index (χ3v) is 2.57. The van der Waals surface area contributed by atoms with Crippen LogP contribution in [0.5, 0.6) is 5.75 Å². The SMILES string of the molecule is CC(C)(C)NCc1cccc(F)c1OCCOCCO. The highest BCUT2D eigenvalue weighted by atomic mass is 19.1. The highest BCUT2D eigenvalue weighted by molar-refractivity contribution is 5.35. The summed E-state index contributed by atoms with van der Waals surface area (Å²) in [7, 11) is 0. The van der Waals surface area contributed by atoms with E-state index in [0.29, 0.717) is 13.2 Å². The number of nitrogens with one attached hydrogen (secondary N) is 1. The van der Waals surface area contributed by atoms with Gasteiger partial charge in [0.05, 0.1) is 19.8 Å². The molecule has 2 N–H and O–H groups in total. The summed E-state index contributed by atoms with van der Waals surface area (Å²) in [5, 5.41) is 11.9. The molecule has 0 atom stereocenters. The fourth-order valence-electron chi connectivity index (χ4n) is 1.58. The molecular weight excluding hydrogens is 261 g/mol. The van der Waals surface area contributed by atoms with E-state index >= 15 is 0 Å². The standard InChI is InChI=1S/C15H24FNO3/c1-15(2,3)17-11-12-5-4-6-13(16)14(12)20-10-9-19-8-7-18/h4-6,17-18H,7-11H2,1-3H3. The number of hydrogen-bond acceptors (Lipinski definition) is 4. The van der Waals surface area contributed by atoms with Crippen LogP contribution in [0.4, 0.5) is 4.39 Å². The summed E-state index contributed by atoms with van der Waals surface area (Å²) in [6, 6.07) is 4.89. The molecule has 0 saturated carbocycles. The van der Waals surface area contributed by atoms with Gasteiger partial charge in [0.25, 0.3) is 0 Å². The monoisotopic (exact) mass is 285 g/mol. The Kier molecular flexibility index (Phi) is 6.91. The van der Waals surface area contributed by atoms with E-state index < -0.39 is 0 Å². The van der Waals surface area contributed by atoms with Gasteiger partial charge in [-0.25, -0.2) is 4.39 Å². The van der Waals surface area contributed by atoms with E-state index in [4.69, 9.17) is 14.6 Å². The quantitative estimate of drug-likeness (QED) is 0.718. The summed E-state index contributed by atoms with van der Waals surface area (Å²) in [6.45, 7) is 7.50. The lowest BCUT2D eigenvalue weighted by molar-refractivity contribution is 0.0693. The number of benzene rings is 1. The molecule has 0 saturated heterocycles. The van der Waals surface area contributed by atoms with Gasteiger partial charge < -0.3 is 19.9 Å². The van der Waals surface area contributed by atoms with Crippen molar-refractivity contribution in [3.8, 4) is 5.75 Å². The molecular formula is C15H24FNO3. The minimum absolute atomic E-state index is 0.0273. The van der Waals surface area contributed by atoms with Crippen LogP contribution in [-0.4, -0.2) is 37.1 Å². The molecule has 0 amide bonds. The molecule has 0 bridgehead atoms. The van der Waals surface area contributed by atoms with Crippen LogP contribution in [0.3, 0.4) is 0 Å². The summed E-state index contributed by atoms with van der Waals surface area (Å²) in [5.41, 5.74) is 0.732. The first-order valence-electron chi connectivity index (χ1n) is 6.78. The van der Waals surface area contributed by atoms with E-state index in [-0.39, 0.29) is 36.9 Å². The van der Waals surface area contributed by atoms with Crippen molar-refractivity contribution in [2.24, 2.45) is 0 Å². The minimum atomic E-state index is -0.375. The summed E-state index contributed by atoms with van der Waals surface area (Å²) in [4.78, 5) is 0. The van der Waals surface area contributed by atoms with Crippen LogP contribution in [0.2, 0.25) is 0 Å². The van der Waals surface area contributed by atoms with Crippen LogP contribution in [-0.2, 0) is 11.3 Å². The molecule has 0 spiro atoms. The molecule has 20 heavy (non-hydrogen) atoms. The van der Waals surface area contributed by atoms with E-state index in [0.717, 1.165) is 5.56 Å². The van der Waals surface area contributed by atoms with E-state index in [1.165, 1.54) is 6.07 Å². The van der Waals surface area contributed by atoms with Crippen LogP contribution in [0.15, 0.2) is 18.2 Å². The van der Waals surface area contributed by atoms with Crippen molar-refractivity contribution >= 4 is 0 Å². The predicted molar refractivity (Wildman–Crippen MR) is 76.4 cm³/mol. The molecule has 0 radical (unpaired) electrons. The normalized spacial score (nSPS) is 11.7. The van der Waals surface area contributed by atoms with Gasteiger partial charge in [-0.1, -0.05) is 12.1 Å². The lowest BCUT2D eigenvalue weighted by Crippen LogP contribution is -2.35. The van der Waals surface area contributed by atoms with Gasteiger partial charge in [-0.15, -0.1) is 0 Å². The minimum Gasteiger partial charge on any atom is -0.488 e. The molecule has 1 aromatic carbocycles.